The second kappa shape index (κ2) is 8.46. The maximum absolute atomic E-state index is 12.7. The Morgan fingerprint density at radius 2 is 1.92 bits per heavy atom. The van der Waals surface area contributed by atoms with Crippen LogP contribution in [0.2, 0.25) is 0 Å². The molecule has 0 aromatic heterocycles. The van der Waals surface area contributed by atoms with Crippen LogP contribution >= 0.6 is 0 Å². The number of rotatable bonds is 6. The predicted molar refractivity (Wildman–Crippen MR) is 94.6 cm³/mol. The molecule has 0 spiro atoms. The predicted octanol–water partition coefficient (Wildman–Crippen LogP) is 1.92. The molecule has 1 aliphatic heterocycles. The minimum atomic E-state index is -0.997. The maximum Gasteiger partial charge on any atom is 0.326 e. The van der Waals surface area contributed by atoms with Gasteiger partial charge in [-0.05, 0) is 30.4 Å². The second-order valence-corrected chi connectivity index (χ2v) is 6.50. The fourth-order valence-corrected chi connectivity index (χ4v) is 2.92. The van der Waals surface area contributed by atoms with Gasteiger partial charge in [0.25, 0.3) is 0 Å². The van der Waals surface area contributed by atoms with Crippen molar-refractivity contribution in [1.82, 2.24) is 10.2 Å². The van der Waals surface area contributed by atoms with Crippen molar-refractivity contribution in [2.45, 2.75) is 38.8 Å². The molecular formula is C19H24N2O4. The molecule has 0 unspecified atom stereocenters. The number of hydrogen-bond acceptors (Lipinski definition) is 3. The SMILES string of the molecule is CC(C)[C@H](NC(=O)C=Cc1ccccc1)C(=O)N1CCC[C@H]1C(=O)O. The van der Waals surface area contributed by atoms with Crippen LogP contribution < -0.4 is 5.32 Å². The quantitative estimate of drug-likeness (QED) is 0.772. The van der Waals surface area contributed by atoms with Gasteiger partial charge in [-0.15, -0.1) is 0 Å². The van der Waals surface area contributed by atoms with Gasteiger partial charge in [-0.2, -0.15) is 0 Å². The average molecular weight is 344 g/mol. The van der Waals surface area contributed by atoms with Crippen LogP contribution in [-0.4, -0.2) is 46.4 Å². The minimum absolute atomic E-state index is 0.142. The Morgan fingerprint density at radius 1 is 1.24 bits per heavy atom. The lowest BCUT2D eigenvalue weighted by molar-refractivity contribution is -0.149. The molecule has 2 amide bonds. The largest absolute Gasteiger partial charge is 0.480 e. The summed E-state index contributed by atoms with van der Waals surface area (Å²) in [6, 6.07) is 7.83. The molecule has 2 N–H and O–H groups in total. The van der Waals surface area contributed by atoms with E-state index in [9.17, 15) is 19.5 Å². The third kappa shape index (κ3) is 4.92. The van der Waals surface area contributed by atoms with Gasteiger partial charge in [0.2, 0.25) is 11.8 Å². The first-order valence-electron chi connectivity index (χ1n) is 8.47. The molecule has 6 nitrogen and oxygen atoms in total. The molecule has 2 rings (SSSR count). The van der Waals surface area contributed by atoms with Crippen molar-refractivity contribution in [3.8, 4) is 0 Å². The highest BCUT2D eigenvalue weighted by atomic mass is 16.4. The number of hydrogen-bond donors (Lipinski definition) is 2. The Labute approximate surface area is 147 Å². The molecule has 0 aliphatic carbocycles. The van der Waals surface area contributed by atoms with Crippen molar-refractivity contribution in [1.29, 1.82) is 0 Å². The van der Waals surface area contributed by atoms with E-state index in [1.807, 2.05) is 44.2 Å². The van der Waals surface area contributed by atoms with Gasteiger partial charge >= 0.3 is 5.97 Å². The minimum Gasteiger partial charge on any atom is -0.480 e. The number of likely N-dealkylation sites (tertiary alicyclic amines) is 1. The normalized spacial score (nSPS) is 18.5. The number of carboxylic acids is 1. The standard InChI is InChI=1S/C19H24N2O4/c1-13(2)17(18(23)21-12-6-9-15(21)19(24)25)20-16(22)11-10-14-7-4-3-5-8-14/h3-5,7-8,10-11,13,15,17H,6,9,12H2,1-2H3,(H,20,22)(H,24,25)/t15-,17-/m0/s1. The summed E-state index contributed by atoms with van der Waals surface area (Å²) in [6.45, 7) is 4.07. The van der Waals surface area contributed by atoms with E-state index in [4.69, 9.17) is 0 Å². The molecule has 6 heteroatoms. The van der Waals surface area contributed by atoms with Crippen molar-refractivity contribution in [2.24, 2.45) is 5.92 Å². The van der Waals surface area contributed by atoms with E-state index < -0.39 is 18.1 Å². The number of benzene rings is 1. The first-order chi connectivity index (χ1) is 11.9. The number of nitrogens with zero attached hydrogens (tertiary/aromatic N) is 1. The van der Waals surface area contributed by atoms with E-state index in [1.54, 1.807) is 6.08 Å². The molecule has 1 heterocycles. The van der Waals surface area contributed by atoms with Crippen molar-refractivity contribution in [3.05, 3.63) is 42.0 Å². The van der Waals surface area contributed by atoms with E-state index in [0.717, 1.165) is 5.56 Å². The van der Waals surface area contributed by atoms with Gasteiger partial charge in [0, 0.05) is 12.6 Å². The zero-order valence-electron chi connectivity index (χ0n) is 14.5. The van der Waals surface area contributed by atoms with Crippen molar-refractivity contribution in [3.63, 3.8) is 0 Å². The Bertz CT molecular complexity index is 655. The van der Waals surface area contributed by atoms with Crippen molar-refractivity contribution < 1.29 is 19.5 Å². The molecule has 0 bridgehead atoms. The number of carbonyl (C=O) groups excluding carboxylic acids is 2. The Kier molecular flexibility index (Phi) is 6.33. The van der Waals surface area contributed by atoms with Gasteiger partial charge in [0.15, 0.2) is 0 Å². The highest BCUT2D eigenvalue weighted by Crippen LogP contribution is 2.20. The van der Waals surface area contributed by atoms with Crippen LogP contribution in [0.15, 0.2) is 36.4 Å². The van der Waals surface area contributed by atoms with Gasteiger partial charge in [0.05, 0.1) is 0 Å². The third-order valence-electron chi connectivity index (χ3n) is 4.28. The lowest BCUT2D eigenvalue weighted by atomic mass is 10.0. The average Bonchev–Trinajstić information content (AvgIpc) is 3.08. The first kappa shape index (κ1) is 18.7. The topological polar surface area (TPSA) is 86.7 Å². The summed E-state index contributed by atoms with van der Waals surface area (Å²) in [5.41, 5.74) is 0.885. The van der Waals surface area contributed by atoms with Crippen LogP contribution in [0.25, 0.3) is 6.08 Å². The zero-order valence-corrected chi connectivity index (χ0v) is 14.5. The fraction of sp³-hybridized carbons (Fsp3) is 0.421. The zero-order chi connectivity index (χ0) is 18.4. The van der Waals surface area contributed by atoms with E-state index in [-0.39, 0.29) is 17.7 Å². The summed E-state index contributed by atoms with van der Waals surface area (Å²) < 4.78 is 0. The maximum atomic E-state index is 12.7. The number of amides is 2. The number of carbonyl (C=O) groups is 3. The molecular weight excluding hydrogens is 320 g/mol. The molecule has 0 saturated carbocycles. The highest BCUT2D eigenvalue weighted by molar-refractivity contribution is 5.96. The number of carboxylic acid groups (broad SMARTS) is 1. The molecule has 1 aromatic rings. The van der Waals surface area contributed by atoms with Crippen LogP contribution in [0.4, 0.5) is 0 Å². The monoisotopic (exact) mass is 344 g/mol. The van der Waals surface area contributed by atoms with Crippen LogP contribution in [0, 0.1) is 5.92 Å². The Balaban J connectivity index is 2.05. The van der Waals surface area contributed by atoms with E-state index in [0.29, 0.717) is 19.4 Å². The van der Waals surface area contributed by atoms with Gasteiger partial charge in [-0.1, -0.05) is 44.2 Å². The summed E-state index contributed by atoms with van der Waals surface area (Å²) in [4.78, 5) is 37.6. The molecule has 1 fully saturated rings. The van der Waals surface area contributed by atoms with Crippen LogP contribution in [0.5, 0.6) is 0 Å². The van der Waals surface area contributed by atoms with Crippen molar-refractivity contribution in [2.75, 3.05) is 6.54 Å². The van der Waals surface area contributed by atoms with E-state index >= 15 is 0 Å². The molecule has 2 atom stereocenters. The third-order valence-corrected chi connectivity index (χ3v) is 4.28. The molecule has 1 aromatic carbocycles. The fourth-order valence-electron chi connectivity index (χ4n) is 2.92. The molecule has 25 heavy (non-hydrogen) atoms. The second-order valence-electron chi connectivity index (χ2n) is 6.50. The van der Waals surface area contributed by atoms with Crippen LogP contribution in [-0.2, 0) is 14.4 Å². The summed E-state index contributed by atoms with van der Waals surface area (Å²) in [5, 5.41) is 12.0. The van der Waals surface area contributed by atoms with Gasteiger partial charge in [-0.3, -0.25) is 9.59 Å². The summed E-state index contributed by atoms with van der Waals surface area (Å²) in [6.07, 6.45) is 4.17. The molecule has 0 radical (unpaired) electrons. The number of aliphatic carboxylic acids is 1. The molecule has 134 valence electrons. The first-order valence-corrected chi connectivity index (χ1v) is 8.47. The van der Waals surface area contributed by atoms with Crippen LogP contribution in [0.1, 0.15) is 32.3 Å². The smallest absolute Gasteiger partial charge is 0.326 e. The summed E-state index contributed by atoms with van der Waals surface area (Å²) in [5.74, 6) is -1.84. The van der Waals surface area contributed by atoms with Crippen molar-refractivity contribution >= 4 is 23.9 Å². The van der Waals surface area contributed by atoms with Gasteiger partial charge in [-0.25, -0.2) is 4.79 Å². The van der Waals surface area contributed by atoms with E-state index in [2.05, 4.69) is 5.32 Å². The lowest BCUT2D eigenvalue weighted by Crippen LogP contribution is -2.53. The summed E-state index contributed by atoms with van der Waals surface area (Å²) >= 11 is 0. The Morgan fingerprint density at radius 3 is 2.52 bits per heavy atom. The summed E-state index contributed by atoms with van der Waals surface area (Å²) in [7, 11) is 0. The van der Waals surface area contributed by atoms with Gasteiger partial charge < -0.3 is 15.3 Å². The highest BCUT2D eigenvalue weighted by Gasteiger charge is 2.38. The number of nitrogens with one attached hydrogen (secondary N) is 1. The molecule has 1 saturated heterocycles. The van der Waals surface area contributed by atoms with E-state index in [1.165, 1.54) is 11.0 Å². The Hall–Kier alpha value is -2.63. The van der Waals surface area contributed by atoms with Crippen LogP contribution in [0.3, 0.4) is 0 Å². The van der Waals surface area contributed by atoms with Gasteiger partial charge in [0.1, 0.15) is 12.1 Å². The molecule has 1 aliphatic rings. The lowest BCUT2D eigenvalue weighted by Gasteiger charge is -2.29.